The van der Waals surface area contributed by atoms with E-state index in [0.29, 0.717) is 34.8 Å². The zero-order chi connectivity index (χ0) is 14.4. The third kappa shape index (κ3) is 4.15. The number of ketones is 1. The molecule has 0 amide bonds. The van der Waals surface area contributed by atoms with Crippen molar-refractivity contribution in [1.29, 1.82) is 0 Å². The van der Waals surface area contributed by atoms with Crippen LogP contribution in [0.25, 0.3) is 12.2 Å². The Morgan fingerprint density at radius 1 is 0.900 bits per heavy atom. The van der Waals surface area contributed by atoms with Crippen molar-refractivity contribution in [3.05, 3.63) is 59.5 Å². The summed E-state index contributed by atoms with van der Waals surface area (Å²) >= 11 is 11.2. The zero-order valence-corrected chi connectivity index (χ0v) is 12.0. The van der Waals surface area contributed by atoms with Gasteiger partial charge in [0.25, 0.3) is 0 Å². The number of carbonyl (C=O) groups is 1. The smallest absolute Gasteiger partial charge is 0.178 e. The van der Waals surface area contributed by atoms with E-state index in [2.05, 4.69) is 0 Å². The summed E-state index contributed by atoms with van der Waals surface area (Å²) in [6.07, 6.45) is 6.02. The fraction of sp³-hybridized carbons (Fsp3) is 0.133. The van der Waals surface area contributed by atoms with E-state index in [0.717, 1.165) is 0 Å². The van der Waals surface area contributed by atoms with E-state index in [-0.39, 0.29) is 5.78 Å². The first-order valence-corrected chi connectivity index (χ1v) is 6.97. The van der Waals surface area contributed by atoms with E-state index in [4.69, 9.17) is 32.0 Å². The first-order chi connectivity index (χ1) is 9.71. The fourth-order valence-electron chi connectivity index (χ4n) is 1.50. The van der Waals surface area contributed by atoms with Gasteiger partial charge in [0, 0.05) is 0 Å². The molecule has 2 rings (SSSR count). The van der Waals surface area contributed by atoms with Crippen molar-refractivity contribution in [2.75, 3.05) is 0 Å². The number of halogens is 2. The van der Waals surface area contributed by atoms with E-state index in [1.807, 2.05) is 0 Å². The third-order valence-corrected chi connectivity index (χ3v) is 2.98. The van der Waals surface area contributed by atoms with Gasteiger partial charge in [-0.2, -0.15) is 0 Å². The van der Waals surface area contributed by atoms with Gasteiger partial charge in [0.15, 0.2) is 5.78 Å². The molecule has 0 unspecified atom stereocenters. The van der Waals surface area contributed by atoms with E-state index in [1.54, 1.807) is 36.4 Å². The molecule has 2 heterocycles. The molecule has 104 valence electrons. The molecule has 0 aliphatic heterocycles. The van der Waals surface area contributed by atoms with Gasteiger partial charge < -0.3 is 8.83 Å². The predicted molar refractivity (Wildman–Crippen MR) is 79.6 cm³/mol. The van der Waals surface area contributed by atoms with E-state index in [1.165, 1.54) is 12.2 Å². The topological polar surface area (TPSA) is 43.4 Å². The molecular formula is C15H12Cl2O3. The van der Waals surface area contributed by atoms with Gasteiger partial charge in [0.2, 0.25) is 0 Å². The summed E-state index contributed by atoms with van der Waals surface area (Å²) in [5.74, 6) is 2.95. The molecule has 0 radical (unpaired) electrons. The molecule has 0 spiro atoms. The number of furan rings is 2. The first-order valence-electron chi connectivity index (χ1n) is 5.90. The van der Waals surface area contributed by atoms with Gasteiger partial charge in [-0.3, -0.25) is 4.79 Å². The van der Waals surface area contributed by atoms with Gasteiger partial charge in [-0.1, -0.05) is 0 Å². The summed E-state index contributed by atoms with van der Waals surface area (Å²) in [5.41, 5.74) is 0. The van der Waals surface area contributed by atoms with Gasteiger partial charge in [0.1, 0.15) is 23.0 Å². The van der Waals surface area contributed by atoms with Crippen LogP contribution in [0.1, 0.15) is 23.0 Å². The molecular weight excluding hydrogens is 299 g/mol. The summed E-state index contributed by atoms with van der Waals surface area (Å²) < 4.78 is 10.7. The highest BCUT2D eigenvalue weighted by Crippen LogP contribution is 2.13. The minimum absolute atomic E-state index is 0.169. The Morgan fingerprint density at radius 3 is 1.70 bits per heavy atom. The van der Waals surface area contributed by atoms with Gasteiger partial charge >= 0.3 is 0 Å². The van der Waals surface area contributed by atoms with Crippen molar-refractivity contribution in [2.45, 2.75) is 11.8 Å². The third-order valence-electron chi connectivity index (χ3n) is 2.45. The van der Waals surface area contributed by atoms with Crippen LogP contribution in [0.5, 0.6) is 0 Å². The van der Waals surface area contributed by atoms with Gasteiger partial charge in [0.05, 0.1) is 11.8 Å². The summed E-state index contributed by atoms with van der Waals surface area (Å²) in [6.45, 7) is 0. The maximum Gasteiger partial charge on any atom is 0.178 e. The van der Waals surface area contributed by atoms with Crippen molar-refractivity contribution >= 4 is 41.1 Å². The molecule has 0 N–H and O–H groups in total. The first kappa shape index (κ1) is 14.7. The van der Waals surface area contributed by atoms with Crippen molar-refractivity contribution in [3.63, 3.8) is 0 Å². The Bertz CT molecular complexity index is 581. The number of carbonyl (C=O) groups excluding carboxylic acids is 1. The molecule has 0 bridgehead atoms. The average molecular weight is 311 g/mol. The SMILES string of the molecule is O=C(/C=C/c1ccc(CCl)o1)/C=C/c1ccc(CCl)o1. The van der Waals surface area contributed by atoms with Crippen LogP contribution in [-0.2, 0) is 16.6 Å². The van der Waals surface area contributed by atoms with Gasteiger partial charge in [-0.15, -0.1) is 23.2 Å². The van der Waals surface area contributed by atoms with E-state index in [9.17, 15) is 4.79 Å². The lowest BCUT2D eigenvalue weighted by Gasteiger charge is -1.87. The Kier molecular flexibility index (Phi) is 5.27. The molecule has 2 aromatic rings. The Balaban J connectivity index is 1.94. The summed E-state index contributed by atoms with van der Waals surface area (Å²) in [6, 6.07) is 7.04. The highest BCUT2D eigenvalue weighted by molar-refractivity contribution is 6.17. The molecule has 0 saturated heterocycles. The van der Waals surface area contributed by atoms with E-state index >= 15 is 0 Å². The van der Waals surface area contributed by atoms with Crippen LogP contribution in [0.3, 0.4) is 0 Å². The minimum Gasteiger partial charge on any atom is -0.460 e. The molecule has 3 nitrogen and oxygen atoms in total. The maximum absolute atomic E-state index is 11.6. The molecule has 2 aromatic heterocycles. The number of rotatable bonds is 6. The molecule has 0 aliphatic rings. The molecule has 0 saturated carbocycles. The largest absolute Gasteiger partial charge is 0.460 e. The fourth-order valence-corrected chi connectivity index (χ4v) is 1.78. The minimum atomic E-state index is -0.169. The molecule has 0 atom stereocenters. The van der Waals surface area contributed by atoms with Crippen LogP contribution >= 0.6 is 23.2 Å². The lowest BCUT2D eigenvalue weighted by atomic mass is 10.3. The average Bonchev–Trinajstić information content (AvgIpc) is 3.11. The predicted octanol–water partition coefficient (Wildman–Crippen LogP) is 4.65. The second-order valence-electron chi connectivity index (χ2n) is 3.94. The zero-order valence-electron chi connectivity index (χ0n) is 10.5. The normalized spacial score (nSPS) is 11.7. The van der Waals surface area contributed by atoms with Crippen LogP contribution in [0.15, 0.2) is 45.3 Å². The van der Waals surface area contributed by atoms with Crippen LogP contribution in [-0.4, -0.2) is 5.78 Å². The standard InChI is InChI=1S/C15H12Cl2O3/c16-9-14-7-5-12(19-14)3-1-11(18)2-4-13-6-8-15(10-17)20-13/h1-8H,9-10H2/b3-1+,4-2+. The van der Waals surface area contributed by atoms with Crippen LogP contribution < -0.4 is 0 Å². The van der Waals surface area contributed by atoms with Crippen molar-refractivity contribution < 1.29 is 13.6 Å². The van der Waals surface area contributed by atoms with Gasteiger partial charge in [-0.05, 0) is 48.6 Å². The summed E-state index contributed by atoms with van der Waals surface area (Å²) in [5, 5.41) is 0. The van der Waals surface area contributed by atoms with Crippen molar-refractivity contribution in [1.82, 2.24) is 0 Å². The number of hydrogen-bond donors (Lipinski definition) is 0. The summed E-state index contributed by atoms with van der Waals surface area (Å²) in [4.78, 5) is 11.6. The second kappa shape index (κ2) is 7.17. The van der Waals surface area contributed by atoms with E-state index < -0.39 is 0 Å². The molecule has 0 fully saturated rings. The highest BCUT2D eigenvalue weighted by Gasteiger charge is 1.99. The van der Waals surface area contributed by atoms with Crippen molar-refractivity contribution in [3.8, 4) is 0 Å². The quantitative estimate of drug-likeness (QED) is 0.576. The highest BCUT2D eigenvalue weighted by atomic mass is 35.5. The Morgan fingerprint density at radius 2 is 1.35 bits per heavy atom. The number of alkyl halides is 2. The van der Waals surface area contributed by atoms with Crippen molar-refractivity contribution in [2.24, 2.45) is 0 Å². The lowest BCUT2D eigenvalue weighted by molar-refractivity contribution is -0.110. The Hall–Kier alpha value is -1.71. The van der Waals surface area contributed by atoms with Gasteiger partial charge in [-0.25, -0.2) is 0 Å². The molecule has 5 heteroatoms. The number of hydrogen-bond acceptors (Lipinski definition) is 3. The number of allylic oxidation sites excluding steroid dienone is 2. The lowest BCUT2D eigenvalue weighted by Crippen LogP contribution is -1.83. The van der Waals surface area contributed by atoms with Crippen LogP contribution in [0, 0.1) is 0 Å². The van der Waals surface area contributed by atoms with Crippen LogP contribution in [0.4, 0.5) is 0 Å². The monoisotopic (exact) mass is 310 g/mol. The molecule has 0 aromatic carbocycles. The van der Waals surface area contributed by atoms with Crippen LogP contribution in [0.2, 0.25) is 0 Å². The molecule has 20 heavy (non-hydrogen) atoms. The summed E-state index contributed by atoms with van der Waals surface area (Å²) in [7, 11) is 0. The molecule has 0 aliphatic carbocycles. The second-order valence-corrected chi connectivity index (χ2v) is 4.48. The maximum atomic E-state index is 11.6. The Labute approximate surface area is 126 Å².